The van der Waals surface area contributed by atoms with Gasteiger partial charge in [0, 0.05) is 29.3 Å². The summed E-state index contributed by atoms with van der Waals surface area (Å²) in [4.78, 5) is 24.8. The number of rotatable bonds is 2. The maximum Gasteiger partial charge on any atom is 0.270 e. The molecule has 0 aliphatic rings. The lowest BCUT2D eigenvalue weighted by Crippen LogP contribution is -1.92. The molecule has 5 heteroatoms. The number of benzene rings is 1. The van der Waals surface area contributed by atoms with E-state index < -0.39 is 4.92 Å². The van der Waals surface area contributed by atoms with Crippen molar-refractivity contribution in [2.75, 3.05) is 0 Å². The van der Waals surface area contributed by atoms with E-state index >= 15 is 0 Å². The Hall–Kier alpha value is -2.30. The largest absolute Gasteiger partial charge is 0.298 e. The van der Waals surface area contributed by atoms with E-state index in [1.807, 2.05) is 0 Å². The van der Waals surface area contributed by atoms with Crippen molar-refractivity contribution < 1.29 is 9.72 Å². The molecular formula is C10H6N2O3. The molecule has 0 saturated heterocycles. The van der Waals surface area contributed by atoms with Crippen molar-refractivity contribution in [1.82, 2.24) is 4.98 Å². The molecule has 1 aromatic carbocycles. The summed E-state index contributed by atoms with van der Waals surface area (Å²) in [7, 11) is 0. The number of carbonyl (C=O) groups excluding carboxylic acids is 1. The standard InChI is InChI=1S/C10H6N2O3/c13-6-8-5-9(12(14)15)4-7-2-1-3-11-10(7)8/h1-6H. The van der Waals surface area contributed by atoms with Crippen LogP contribution in [-0.2, 0) is 0 Å². The van der Waals surface area contributed by atoms with Gasteiger partial charge in [0.25, 0.3) is 5.69 Å². The summed E-state index contributed by atoms with van der Waals surface area (Å²) in [5.74, 6) is 0. The van der Waals surface area contributed by atoms with Crippen molar-refractivity contribution in [3.05, 3.63) is 46.1 Å². The van der Waals surface area contributed by atoms with Crippen LogP contribution < -0.4 is 0 Å². The van der Waals surface area contributed by atoms with Crippen LogP contribution in [0, 0.1) is 10.1 Å². The van der Waals surface area contributed by atoms with E-state index in [9.17, 15) is 14.9 Å². The summed E-state index contributed by atoms with van der Waals surface area (Å²) >= 11 is 0. The van der Waals surface area contributed by atoms with Gasteiger partial charge in [-0.1, -0.05) is 6.07 Å². The van der Waals surface area contributed by atoms with Gasteiger partial charge in [0.15, 0.2) is 6.29 Å². The molecule has 0 fully saturated rings. The Labute approximate surface area is 84.5 Å². The monoisotopic (exact) mass is 202 g/mol. The number of nitro benzene ring substituents is 1. The zero-order valence-electron chi connectivity index (χ0n) is 7.58. The lowest BCUT2D eigenvalue weighted by molar-refractivity contribution is -0.384. The Bertz CT molecular complexity index is 551. The van der Waals surface area contributed by atoms with Crippen LogP contribution in [0.25, 0.3) is 10.9 Å². The number of aromatic nitrogens is 1. The first-order valence-electron chi connectivity index (χ1n) is 4.20. The summed E-state index contributed by atoms with van der Waals surface area (Å²) in [6.07, 6.45) is 2.11. The van der Waals surface area contributed by atoms with E-state index in [2.05, 4.69) is 4.98 Å². The number of nitro groups is 1. The van der Waals surface area contributed by atoms with Gasteiger partial charge in [-0.3, -0.25) is 19.9 Å². The Morgan fingerprint density at radius 3 is 2.87 bits per heavy atom. The lowest BCUT2D eigenvalue weighted by atomic mass is 10.1. The molecule has 0 bridgehead atoms. The Morgan fingerprint density at radius 1 is 1.40 bits per heavy atom. The van der Waals surface area contributed by atoms with Crippen LogP contribution in [-0.4, -0.2) is 16.2 Å². The fourth-order valence-electron chi connectivity index (χ4n) is 1.40. The number of nitrogens with zero attached hydrogens (tertiary/aromatic N) is 2. The molecule has 0 unspecified atom stereocenters. The number of fused-ring (bicyclic) bond motifs is 1. The minimum atomic E-state index is -0.528. The maximum absolute atomic E-state index is 10.7. The molecule has 0 N–H and O–H groups in total. The third-order valence-corrected chi connectivity index (χ3v) is 2.06. The van der Waals surface area contributed by atoms with E-state index in [1.165, 1.54) is 12.1 Å². The molecule has 15 heavy (non-hydrogen) atoms. The predicted molar refractivity (Wildman–Crippen MR) is 53.8 cm³/mol. The van der Waals surface area contributed by atoms with Crippen LogP contribution in [0.15, 0.2) is 30.5 Å². The fraction of sp³-hybridized carbons (Fsp3) is 0. The molecule has 74 valence electrons. The Morgan fingerprint density at radius 2 is 2.20 bits per heavy atom. The van der Waals surface area contributed by atoms with E-state index in [4.69, 9.17) is 0 Å². The molecule has 0 spiro atoms. The quantitative estimate of drug-likeness (QED) is 0.424. The summed E-state index contributed by atoms with van der Waals surface area (Å²) < 4.78 is 0. The van der Waals surface area contributed by atoms with Gasteiger partial charge < -0.3 is 0 Å². The molecule has 5 nitrogen and oxygen atoms in total. The average molecular weight is 202 g/mol. The highest BCUT2D eigenvalue weighted by molar-refractivity contribution is 5.97. The molecule has 2 aromatic rings. The summed E-state index contributed by atoms with van der Waals surface area (Å²) in [6, 6.07) is 5.97. The first-order valence-corrected chi connectivity index (χ1v) is 4.20. The number of hydrogen-bond donors (Lipinski definition) is 0. The minimum Gasteiger partial charge on any atom is -0.298 e. The van der Waals surface area contributed by atoms with Gasteiger partial charge in [0.1, 0.15) is 0 Å². The van der Waals surface area contributed by atoms with Crippen molar-refractivity contribution in [2.24, 2.45) is 0 Å². The van der Waals surface area contributed by atoms with Gasteiger partial charge in [0.2, 0.25) is 0 Å². The highest BCUT2D eigenvalue weighted by Crippen LogP contribution is 2.22. The lowest BCUT2D eigenvalue weighted by Gasteiger charge is -1.99. The van der Waals surface area contributed by atoms with Gasteiger partial charge >= 0.3 is 0 Å². The molecule has 0 amide bonds. The van der Waals surface area contributed by atoms with E-state index in [0.717, 1.165) is 0 Å². The van der Waals surface area contributed by atoms with Gasteiger partial charge in [-0.15, -0.1) is 0 Å². The summed E-state index contributed by atoms with van der Waals surface area (Å²) in [6.45, 7) is 0. The highest BCUT2D eigenvalue weighted by atomic mass is 16.6. The second-order valence-electron chi connectivity index (χ2n) is 2.99. The topological polar surface area (TPSA) is 73.1 Å². The van der Waals surface area contributed by atoms with Crippen LogP contribution in [0.1, 0.15) is 10.4 Å². The zero-order valence-corrected chi connectivity index (χ0v) is 7.58. The average Bonchev–Trinajstić information content (AvgIpc) is 2.27. The molecule has 0 atom stereocenters. The van der Waals surface area contributed by atoms with E-state index in [1.54, 1.807) is 18.3 Å². The third-order valence-electron chi connectivity index (χ3n) is 2.06. The van der Waals surface area contributed by atoms with Crippen LogP contribution in [0.4, 0.5) is 5.69 Å². The summed E-state index contributed by atoms with van der Waals surface area (Å²) in [5.41, 5.74) is 0.621. The number of hydrogen-bond acceptors (Lipinski definition) is 4. The van der Waals surface area contributed by atoms with Gasteiger partial charge in [-0.2, -0.15) is 0 Å². The third kappa shape index (κ3) is 1.54. The van der Waals surface area contributed by atoms with Crippen molar-refractivity contribution >= 4 is 22.9 Å². The van der Waals surface area contributed by atoms with Crippen LogP contribution >= 0.6 is 0 Å². The molecule has 1 aromatic heterocycles. The van der Waals surface area contributed by atoms with Gasteiger partial charge in [-0.05, 0) is 6.07 Å². The molecule has 0 aliphatic carbocycles. The van der Waals surface area contributed by atoms with E-state index in [0.29, 0.717) is 17.2 Å². The molecule has 0 radical (unpaired) electrons. The fourth-order valence-corrected chi connectivity index (χ4v) is 1.40. The van der Waals surface area contributed by atoms with Gasteiger partial charge in [0.05, 0.1) is 10.4 Å². The molecule has 0 aliphatic heterocycles. The van der Waals surface area contributed by atoms with Crippen LogP contribution in [0.3, 0.4) is 0 Å². The van der Waals surface area contributed by atoms with E-state index in [-0.39, 0.29) is 11.3 Å². The number of carbonyl (C=O) groups is 1. The molecule has 0 saturated carbocycles. The Kier molecular flexibility index (Phi) is 2.13. The van der Waals surface area contributed by atoms with Crippen molar-refractivity contribution in [3.63, 3.8) is 0 Å². The van der Waals surface area contributed by atoms with Crippen molar-refractivity contribution in [2.45, 2.75) is 0 Å². The van der Waals surface area contributed by atoms with Crippen LogP contribution in [0.5, 0.6) is 0 Å². The van der Waals surface area contributed by atoms with Crippen molar-refractivity contribution in [3.8, 4) is 0 Å². The Balaban J connectivity index is 2.82. The SMILES string of the molecule is O=Cc1cc([N+](=O)[O-])cc2cccnc12. The minimum absolute atomic E-state index is 0.0994. The number of aldehydes is 1. The first-order chi connectivity index (χ1) is 7.22. The maximum atomic E-state index is 10.7. The summed E-state index contributed by atoms with van der Waals surface area (Å²) in [5, 5.41) is 11.2. The second kappa shape index (κ2) is 3.45. The first kappa shape index (κ1) is 9.26. The number of pyridine rings is 1. The molecule has 2 rings (SSSR count). The predicted octanol–water partition coefficient (Wildman–Crippen LogP) is 1.96. The molecule has 1 heterocycles. The molecular weight excluding hydrogens is 196 g/mol. The van der Waals surface area contributed by atoms with Crippen LogP contribution in [0.2, 0.25) is 0 Å². The number of non-ortho nitro benzene ring substituents is 1. The normalized spacial score (nSPS) is 10.1. The highest BCUT2D eigenvalue weighted by Gasteiger charge is 2.11. The van der Waals surface area contributed by atoms with Gasteiger partial charge in [-0.25, -0.2) is 0 Å². The second-order valence-corrected chi connectivity index (χ2v) is 2.99. The van der Waals surface area contributed by atoms with Crippen molar-refractivity contribution in [1.29, 1.82) is 0 Å². The zero-order chi connectivity index (χ0) is 10.8. The smallest absolute Gasteiger partial charge is 0.270 e.